The molecule has 2 aliphatic heterocycles. The van der Waals surface area contributed by atoms with Crippen LogP contribution in [0.3, 0.4) is 0 Å². The first-order valence-corrected chi connectivity index (χ1v) is 4.86. The summed E-state index contributed by atoms with van der Waals surface area (Å²) in [6.07, 6.45) is 2.80. The molecule has 11 heavy (non-hydrogen) atoms. The molecule has 0 aromatic heterocycles. The van der Waals surface area contributed by atoms with Crippen molar-refractivity contribution in [3.05, 3.63) is 0 Å². The van der Waals surface area contributed by atoms with E-state index in [4.69, 9.17) is 0 Å². The lowest BCUT2D eigenvalue weighted by Gasteiger charge is -2.30. The summed E-state index contributed by atoms with van der Waals surface area (Å²) in [7, 11) is 0. The Bertz CT molecular complexity index is 136. The van der Waals surface area contributed by atoms with E-state index in [1.165, 1.54) is 32.5 Å². The van der Waals surface area contributed by atoms with Crippen molar-refractivity contribution >= 4 is 0 Å². The van der Waals surface area contributed by atoms with Crippen LogP contribution in [0.5, 0.6) is 0 Å². The number of fused-ring (bicyclic) bond motifs is 2. The minimum absolute atomic E-state index is 0.832. The van der Waals surface area contributed by atoms with E-state index in [-0.39, 0.29) is 0 Å². The Morgan fingerprint density at radius 1 is 1.36 bits per heavy atom. The van der Waals surface area contributed by atoms with E-state index in [2.05, 4.69) is 17.1 Å². The highest BCUT2D eigenvalue weighted by molar-refractivity contribution is 4.90. The molecule has 1 N–H and O–H groups in total. The number of hydrogen-bond donors (Lipinski definition) is 1. The topological polar surface area (TPSA) is 15.3 Å². The second-order valence-electron chi connectivity index (χ2n) is 3.80. The molecule has 2 heterocycles. The van der Waals surface area contributed by atoms with Gasteiger partial charge in [-0.3, -0.25) is 0 Å². The number of hydrogen-bond acceptors (Lipinski definition) is 2. The van der Waals surface area contributed by atoms with Crippen LogP contribution in [0.25, 0.3) is 0 Å². The van der Waals surface area contributed by atoms with Gasteiger partial charge in [-0.05, 0) is 38.4 Å². The lowest BCUT2D eigenvalue weighted by atomic mass is 9.94. The van der Waals surface area contributed by atoms with Crippen LogP contribution in [0.1, 0.15) is 19.8 Å². The van der Waals surface area contributed by atoms with Gasteiger partial charge >= 0.3 is 0 Å². The van der Waals surface area contributed by atoms with Crippen molar-refractivity contribution in [3.63, 3.8) is 0 Å². The maximum absolute atomic E-state index is 3.59. The van der Waals surface area contributed by atoms with Gasteiger partial charge in [-0.1, -0.05) is 6.92 Å². The summed E-state index contributed by atoms with van der Waals surface area (Å²) in [5.41, 5.74) is 0. The molecule has 0 radical (unpaired) electrons. The molecule has 2 aliphatic rings. The number of rotatable bonds is 2. The van der Waals surface area contributed by atoms with E-state index in [9.17, 15) is 0 Å². The van der Waals surface area contributed by atoms with E-state index >= 15 is 0 Å². The van der Waals surface area contributed by atoms with Gasteiger partial charge in [0.05, 0.1) is 0 Å². The first kappa shape index (κ1) is 7.56. The average Bonchev–Trinajstić information content (AvgIpc) is 2.40. The molecule has 2 rings (SSSR count). The second-order valence-corrected chi connectivity index (χ2v) is 3.80. The molecule has 2 bridgehead atoms. The van der Waals surface area contributed by atoms with Crippen LogP contribution in [0.4, 0.5) is 0 Å². The fourth-order valence-corrected chi connectivity index (χ4v) is 2.48. The quantitative estimate of drug-likeness (QED) is 0.629. The van der Waals surface area contributed by atoms with Gasteiger partial charge in [-0.15, -0.1) is 0 Å². The van der Waals surface area contributed by atoms with Crippen LogP contribution in [-0.2, 0) is 0 Å². The second kappa shape index (κ2) is 3.11. The fraction of sp³-hybridized carbons (Fsp3) is 1.00. The van der Waals surface area contributed by atoms with Crippen molar-refractivity contribution < 1.29 is 0 Å². The van der Waals surface area contributed by atoms with Crippen molar-refractivity contribution in [3.8, 4) is 0 Å². The average molecular weight is 154 g/mol. The van der Waals surface area contributed by atoms with Gasteiger partial charge in [0, 0.05) is 12.6 Å². The maximum Gasteiger partial charge on any atom is 0.0120 e. The fourth-order valence-electron chi connectivity index (χ4n) is 2.48. The molecule has 0 saturated carbocycles. The van der Waals surface area contributed by atoms with Crippen molar-refractivity contribution in [2.24, 2.45) is 5.92 Å². The minimum atomic E-state index is 0.832. The van der Waals surface area contributed by atoms with Gasteiger partial charge in [0.25, 0.3) is 0 Å². The Hall–Kier alpha value is -0.0800. The van der Waals surface area contributed by atoms with E-state index < -0.39 is 0 Å². The molecule has 3 unspecified atom stereocenters. The Labute approximate surface area is 69.0 Å². The largest absolute Gasteiger partial charge is 0.314 e. The Kier molecular flexibility index (Phi) is 2.14. The normalized spacial score (nSPS) is 42.8. The third-order valence-corrected chi connectivity index (χ3v) is 3.10. The summed E-state index contributed by atoms with van der Waals surface area (Å²) in [5.74, 6) is 0.962. The summed E-state index contributed by atoms with van der Waals surface area (Å²) in [4.78, 5) is 2.60. The molecule has 0 aromatic carbocycles. The van der Waals surface area contributed by atoms with E-state index in [1.807, 2.05) is 0 Å². The van der Waals surface area contributed by atoms with Crippen molar-refractivity contribution in [1.29, 1.82) is 0 Å². The Morgan fingerprint density at radius 2 is 2.18 bits per heavy atom. The lowest BCUT2D eigenvalue weighted by Crippen LogP contribution is -2.43. The zero-order chi connectivity index (χ0) is 7.68. The summed E-state index contributed by atoms with van der Waals surface area (Å²) in [6, 6.07) is 0.832. The molecule has 0 amide bonds. The van der Waals surface area contributed by atoms with Gasteiger partial charge < -0.3 is 10.2 Å². The van der Waals surface area contributed by atoms with Crippen LogP contribution in [0.15, 0.2) is 0 Å². The van der Waals surface area contributed by atoms with Crippen molar-refractivity contribution in [2.45, 2.75) is 25.8 Å². The predicted molar refractivity (Wildman–Crippen MR) is 46.6 cm³/mol. The smallest absolute Gasteiger partial charge is 0.0120 e. The van der Waals surface area contributed by atoms with Crippen LogP contribution in [-0.4, -0.2) is 37.1 Å². The SMILES string of the molecule is CCNC1CCN2CCC1C2. The molecule has 64 valence electrons. The van der Waals surface area contributed by atoms with Crippen molar-refractivity contribution in [1.82, 2.24) is 10.2 Å². The summed E-state index contributed by atoms with van der Waals surface area (Å²) in [5, 5.41) is 3.59. The monoisotopic (exact) mass is 154 g/mol. The highest BCUT2D eigenvalue weighted by Crippen LogP contribution is 2.26. The highest BCUT2D eigenvalue weighted by Gasteiger charge is 2.33. The molecule has 2 nitrogen and oxygen atoms in total. The van der Waals surface area contributed by atoms with E-state index in [1.54, 1.807) is 0 Å². The number of nitrogens with zero attached hydrogens (tertiary/aromatic N) is 1. The van der Waals surface area contributed by atoms with Gasteiger partial charge in [0.2, 0.25) is 0 Å². The molecule has 2 fully saturated rings. The molecular weight excluding hydrogens is 136 g/mol. The molecule has 2 heteroatoms. The number of piperidine rings is 1. The van der Waals surface area contributed by atoms with Crippen LogP contribution >= 0.6 is 0 Å². The summed E-state index contributed by atoms with van der Waals surface area (Å²) < 4.78 is 0. The Morgan fingerprint density at radius 3 is 3.00 bits per heavy atom. The Balaban J connectivity index is 1.91. The standard InChI is InChI=1S/C9H18N2/c1-2-10-9-4-6-11-5-3-8(9)7-11/h8-10H,2-7H2,1H3. The molecular formula is C9H18N2. The predicted octanol–water partition coefficient (Wildman–Crippen LogP) is 0.690. The number of nitrogens with one attached hydrogen (secondary N) is 1. The van der Waals surface area contributed by atoms with E-state index in [0.717, 1.165) is 18.5 Å². The summed E-state index contributed by atoms with van der Waals surface area (Å²) in [6.45, 7) is 7.39. The third kappa shape index (κ3) is 1.42. The van der Waals surface area contributed by atoms with Gasteiger partial charge in [0.15, 0.2) is 0 Å². The van der Waals surface area contributed by atoms with Gasteiger partial charge in [0.1, 0.15) is 0 Å². The van der Waals surface area contributed by atoms with Crippen molar-refractivity contribution in [2.75, 3.05) is 26.2 Å². The van der Waals surface area contributed by atoms with Gasteiger partial charge in [-0.2, -0.15) is 0 Å². The minimum Gasteiger partial charge on any atom is -0.314 e. The highest BCUT2D eigenvalue weighted by atomic mass is 15.2. The molecule has 0 aliphatic carbocycles. The first-order chi connectivity index (χ1) is 5.40. The van der Waals surface area contributed by atoms with Crippen LogP contribution in [0, 0.1) is 5.92 Å². The molecule has 0 aromatic rings. The van der Waals surface area contributed by atoms with Crippen LogP contribution in [0.2, 0.25) is 0 Å². The maximum atomic E-state index is 3.59. The zero-order valence-electron chi connectivity index (χ0n) is 7.34. The van der Waals surface area contributed by atoms with Gasteiger partial charge in [-0.25, -0.2) is 0 Å². The molecule has 3 atom stereocenters. The molecule has 2 saturated heterocycles. The zero-order valence-corrected chi connectivity index (χ0v) is 7.34. The molecule has 0 spiro atoms. The third-order valence-electron chi connectivity index (χ3n) is 3.10. The summed E-state index contributed by atoms with van der Waals surface area (Å²) >= 11 is 0. The van der Waals surface area contributed by atoms with Crippen LogP contribution < -0.4 is 5.32 Å². The van der Waals surface area contributed by atoms with E-state index in [0.29, 0.717) is 0 Å². The lowest BCUT2D eigenvalue weighted by molar-refractivity contribution is 0.223. The first-order valence-electron chi connectivity index (χ1n) is 4.86.